The minimum absolute atomic E-state index is 0.186. The number of amidine groups is 1. The minimum atomic E-state index is 0.186. The van der Waals surface area contributed by atoms with E-state index >= 15 is 0 Å². The predicted octanol–water partition coefficient (Wildman–Crippen LogP) is 3.22. The third-order valence-corrected chi connectivity index (χ3v) is 5.69. The summed E-state index contributed by atoms with van der Waals surface area (Å²) in [6.07, 6.45) is 6.56. The molecule has 0 saturated heterocycles. The van der Waals surface area contributed by atoms with Crippen LogP contribution in [0.15, 0.2) is 46.9 Å². The highest BCUT2D eigenvalue weighted by Crippen LogP contribution is 2.34. The van der Waals surface area contributed by atoms with Gasteiger partial charge in [0.2, 0.25) is 4.96 Å². The molecule has 0 aromatic carbocycles. The molecule has 5 rings (SSSR count). The van der Waals surface area contributed by atoms with Crippen LogP contribution in [0.4, 0.5) is 0 Å². The van der Waals surface area contributed by atoms with Crippen LogP contribution in [0.5, 0.6) is 0 Å². The summed E-state index contributed by atoms with van der Waals surface area (Å²) < 4.78 is 1.89. The summed E-state index contributed by atoms with van der Waals surface area (Å²) >= 11 is 1.53. The Hall–Kier alpha value is -2.80. The number of imidazole rings is 1. The highest BCUT2D eigenvalue weighted by Gasteiger charge is 2.32. The number of pyridine rings is 1. The number of nitrogens with zero attached hydrogens (tertiary/aromatic N) is 6. The maximum atomic E-state index is 4.86. The van der Waals surface area contributed by atoms with Gasteiger partial charge in [0.05, 0.1) is 23.6 Å². The Kier molecular flexibility index (Phi) is 3.33. The quantitative estimate of drug-likeness (QED) is 0.702. The van der Waals surface area contributed by atoms with Crippen molar-refractivity contribution < 1.29 is 0 Å². The Morgan fingerprint density at radius 1 is 1.15 bits per heavy atom. The van der Waals surface area contributed by atoms with E-state index in [-0.39, 0.29) is 12.1 Å². The monoisotopic (exact) mass is 362 g/mol. The van der Waals surface area contributed by atoms with E-state index in [1.54, 1.807) is 0 Å². The molecular weight excluding hydrogens is 344 g/mol. The molecule has 130 valence electrons. The average molecular weight is 362 g/mol. The maximum Gasteiger partial charge on any atom is 0.213 e. The first-order valence-corrected chi connectivity index (χ1v) is 9.43. The van der Waals surface area contributed by atoms with Gasteiger partial charge in [-0.05, 0) is 26.0 Å². The molecule has 1 aliphatic carbocycles. The van der Waals surface area contributed by atoms with E-state index in [9.17, 15) is 0 Å². The summed E-state index contributed by atoms with van der Waals surface area (Å²) in [5, 5.41) is 4.48. The molecule has 3 aromatic heterocycles. The third kappa shape index (κ3) is 2.24. The van der Waals surface area contributed by atoms with Crippen molar-refractivity contribution in [2.75, 3.05) is 7.05 Å². The van der Waals surface area contributed by atoms with Gasteiger partial charge in [-0.3, -0.25) is 9.98 Å². The fourth-order valence-corrected chi connectivity index (χ4v) is 4.21. The number of aryl methyl sites for hydroxylation is 1. The molecule has 0 bridgehead atoms. The molecule has 3 aromatic rings. The Bertz CT molecular complexity index is 1100. The van der Waals surface area contributed by atoms with Crippen molar-refractivity contribution in [2.24, 2.45) is 4.99 Å². The van der Waals surface area contributed by atoms with Crippen molar-refractivity contribution in [3.05, 3.63) is 53.3 Å². The first-order chi connectivity index (χ1) is 12.6. The van der Waals surface area contributed by atoms with Crippen LogP contribution in [0.3, 0.4) is 0 Å². The smallest absolute Gasteiger partial charge is 0.213 e. The molecule has 0 radical (unpaired) electrons. The summed E-state index contributed by atoms with van der Waals surface area (Å²) in [5.74, 6) is 1.07. The maximum absolute atomic E-state index is 4.86. The number of aromatic nitrogens is 4. The van der Waals surface area contributed by atoms with E-state index < -0.39 is 0 Å². The number of hydrogen-bond donors (Lipinski definition) is 0. The van der Waals surface area contributed by atoms with Gasteiger partial charge in [0.25, 0.3) is 0 Å². The van der Waals surface area contributed by atoms with Crippen LogP contribution in [0.1, 0.15) is 18.3 Å². The molecular formula is C19H18N6S. The normalized spacial score (nSPS) is 21.9. The van der Waals surface area contributed by atoms with Gasteiger partial charge in [-0.2, -0.15) is 5.10 Å². The summed E-state index contributed by atoms with van der Waals surface area (Å²) in [6.45, 7) is 4.05. The van der Waals surface area contributed by atoms with Gasteiger partial charge in [0.1, 0.15) is 16.9 Å². The molecule has 4 heterocycles. The van der Waals surface area contributed by atoms with E-state index in [4.69, 9.17) is 15.0 Å². The summed E-state index contributed by atoms with van der Waals surface area (Å²) in [6, 6.07) is 6.47. The van der Waals surface area contributed by atoms with Crippen molar-refractivity contribution >= 4 is 27.7 Å². The van der Waals surface area contributed by atoms with Crippen LogP contribution in [0.25, 0.3) is 21.9 Å². The van der Waals surface area contributed by atoms with Gasteiger partial charge in [-0.1, -0.05) is 35.6 Å². The van der Waals surface area contributed by atoms with E-state index in [0.717, 1.165) is 39.1 Å². The fraction of sp³-hybridized carbons (Fsp3) is 0.263. The van der Waals surface area contributed by atoms with Gasteiger partial charge in [-0.25, -0.2) is 9.50 Å². The number of fused-ring (bicyclic) bond motifs is 2. The average Bonchev–Trinajstić information content (AvgIpc) is 3.28. The SMILES string of the molecule is CC1=NC2C=CC(c3nc4scnn4c3-c3cccc(C)n3)=CC2N1C. The Morgan fingerprint density at radius 3 is 2.88 bits per heavy atom. The van der Waals surface area contributed by atoms with E-state index in [0.29, 0.717) is 0 Å². The van der Waals surface area contributed by atoms with Crippen molar-refractivity contribution in [2.45, 2.75) is 25.9 Å². The van der Waals surface area contributed by atoms with Gasteiger partial charge < -0.3 is 4.90 Å². The predicted molar refractivity (Wildman–Crippen MR) is 104 cm³/mol. The standard InChI is InChI=1S/C19H18N6S/c1-11-5-4-6-15(21-11)18-17(23-19-25(18)20-10-26-19)13-7-8-14-16(9-13)24(3)12(2)22-14/h4-10,14,16H,1-3H3. The molecule has 1 aliphatic heterocycles. The second-order valence-electron chi connectivity index (χ2n) is 6.66. The Balaban J connectivity index is 1.68. The van der Waals surface area contributed by atoms with Crippen molar-refractivity contribution in [1.29, 1.82) is 0 Å². The number of rotatable bonds is 2. The fourth-order valence-electron chi connectivity index (χ4n) is 3.59. The molecule has 0 amide bonds. The van der Waals surface area contributed by atoms with Gasteiger partial charge in [0, 0.05) is 18.3 Å². The van der Waals surface area contributed by atoms with E-state index in [1.165, 1.54) is 11.3 Å². The summed E-state index contributed by atoms with van der Waals surface area (Å²) in [4.78, 5) is 17.4. The highest BCUT2D eigenvalue weighted by molar-refractivity contribution is 7.14. The number of hydrogen-bond acceptors (Lipinski definition) is 6. The lowest BCUT2D eigenvalue weighted by Gasteiger charge is -2.25. The summed E-state index contributed by atoms with van der Waals surface area (Å²) in [5.41, 5.74) is 6.65. The first kappa shape index (κ1) is 15.5. The largest absolute Gasteiger partial charge is 0.355 e. The lowest BCUT2D eigenvalue weighted by molar-refractivity contribution is 0.436. The van der Waals surface area contributed by atoms with Crippen molar-refractivity contribution in [3.8, 4) is 11.4 Å². The lowest BCUT2D eigenvalue weighted by atomic mass is 9.95. The zero-order valence-electron chi connectivity index (χ0n) is 14.8. The minimum Gasteiger partial charge on any atom is -0.355 e. The highest BCUT2D eigenvalue weighted by atomic mass is 32.1. The molecule has 7 heteroatoms. The second kappa shape index (κ2) is 5.60. The summed E-state index contributed by atoms with van der Waals surface area (Å²) in [7, 11) is 2.09. The van der Waals surface area contributed by atoms with Gasteiger partial charge >= 0.3 is 0 Å². The molecule has 2 aliphatic rings. The molecule has 0 saturated carbocycles. The number of allylic oxidation sites excluding steroid dienone is 2. The lowest BCUT2D eigenvalue weighted by Crippen LogP contribution is -2.34. The Morgan fingerprint density at radius 2 is 2.04 bits per heavy atom. The molecule has 2 unspecified atom stereocenters. The van der Waals surface area contributed by atoms with Crippen LogP contribution < -0.4 is 0 Å². The first-order valence-electron chi connectivity index (χ1n) is 8.56. The molecule has 0 fully saturated rings. The number of likely N-dealkylation sites (N-methyl/N-ethyl adjacent to an activating group) is 1. The molecule has 2 atom stereocenters. The van der Waals surface area contributed by atoms with Crippen LogP contribution in [0, 0.1) is 6.92 Å². The number of aliphatic imine (C=N–C) groups is 1. The van der Waals surface area contributed by atoms with E-state index in [1.807, 2.05) is 35.1 Å². The second-order valence-corrected chi connectivity index (χ2v) is 7.47. The molecule has 6 nitrogen and oxygen atoms in total. The van der Waals surface area contributed by atoms with Gasteiger partial charge in [-0.15, -0.1) is 0 Å². The molecule has 0 N–H and O–H groups in total. The van der Waals surface area contributed by atoms with Crippen LogP contribution in [-0.2, 0) is 0 Å². The topological polar surface area (TPSA) is 58.7 Å². The zero-order valence-corrected chi connectivity index (χ0v) is 15.6. The third-order valence-electron chi connectivity index (χ3n) is 5.02. The molecule has 0 spiro atoms. The Labute approximate surface area is 155 Å². The van der Waals surface area contributed by atoms with Gasteiger partial charge in [0.15, 0.2) is 0 Å². The van der Waals surface area contributed by atoms with Crippen molar-refractivity contribution in [3.63, 3.8) is 0 Å². The molecule has 26 heavy (non-hydrogen) atoms. The zero-order chi connectivity index (χ0) is 17.8. The van der Waals surface area contributed by atoms with Crippen LogP contribution in [0.2, 0.25) is 0 Å². The van der Waals surface area contributed by atoms with Crippen molar-refractivity contribution in [1.82, 2.24) is 24.5 Å². The van der Waals surface area contributed by atoms with Crippen LogP contribution >= 0.6 is 11.3 Å². The van der Waals surface area contributed by atoms with Crippen LogP contribution in [-0.4, -0.2) is 49.4 Å². The van der Waals surface area contributed by atoms with E-state index in [2.05, 4.69) is 42.2 Å².